The Kier molecular flexibility index (Phi) is 5.12. The molecule has 4 heteroatoms. The highest BCUT2D eigenvalue weighted by molar-refractivity contribution is 7.85. The van der Waals surface area contributed by atoms with Crippen LogP contribution in [-0.2, 0) is 10.8 Å². The zero-order chi connectivity index (χ0) is 13.0. The smallest absolute Gasteiger partial charge is 0.147 e. The summed E-state index contributed by atoms with van der Waals surface area (Å²) < 4.78 is 25.2. The summed E-state index contributed by atoms with van der Waals surface area (Å²) in [5.74, 6) is 1.04. The van der Waals surface area contributed by atoms with E-state index in [1.54, 1.807) is 6.07 Å². The van der Waals surface area contributed by atoms with Crippen LogP contribution in [0.2, 0.25) is 0 Å². The summed E-state index contributed by atoms with van der Waals surface area (Å²) >= 11 is 0. The van der Waals surface area contributed by atoms with Crippen molar-refractivity contribution in [2.75, 3.05) is 11.5 Å². The van der Waals surface area contributed by atoms with Gasteiger partial charge in [-0.3, -0.25) is 4.21 Å². The zero-order valence-corrected chi connectivity index (χ0v) is 11.4. The number of hydrogen-bond acceptors (Lipinski definition) is 2. The fraction of sp³-hybridized carbons (Fsp3) is 0.538. The molecule has 0 heterocycles. The van der Waals surface area contributed by atoms with Crippen LogP contribution in [0.4, 0.5) is 10.1 Å². The van der Waals surface area contributed by atoms with Gasteiger partial charge < -0.3 is 5.73 Å². The minimum Gasteiger partial charge on any atom is -0.396 e. The molecule has 0 bridgehead atoms. The predicted molar refractivity (Wildman–Crippen MR) is 70.7 cm³/mol. The third-order valence-electron chi connectivity index (χ3n) is 2.54. The lowest BCUT2D eigenvalue weighted by Gasteiger charge is -2.13. The Morgan fingerprint density at radius 3 is 2.53 bits per heavy atom. The van der Waals surface area contributed by atoms with Crippen LogP contribution in [-0.4, -0.2) is 9.96 Å². The number of anilines is 1. The van der Waals surface area contributed by atoms with Crippen molar-refractivity contribution in [2.45, 2.75) is 32.1 Å². The molecule has 2 unspecified atom stereocenters. The van der Waals surface area contributed by atoms with Gasteiger partial charge in [-0.15, -0.1) is 0 Å². The van der Waals surface area contributed by atoms with E-state index in [9.17, 15) is 8.60 Å². The molecule has 0 aliphatic carbocycles. The third kappa shape index (κ3) is 4.46. The molecule has 2 atom stereocenters. The molecule has 0 aliphatic heterocycles. The van der Waals surface area contributed by atoms with Crippen LogP contribution in [0.25, 0.3) is 0 Å². The molecule has 0 saturated carbocycles. The molecule has 17 heavy (non-hydrogen) atoms. The SMILES string of the molecule is CC(C)CC(C)CS(=O)c1ccc(N)c(F)c1. The first-order chi connectivity index (χ1) is 7.90. The van der Waals surface area contributed by atoms with Crippen LogP contribution in [0, 0.1) is 17.7 Å². The second-order valence-corrected chi connectivity index (χ2v) is 6.43. The molecule has 0 saturated heterocycles. The van der Waals surface area contributed by atoms with Crippen LogP contribution < -0.4 is 5.73 Å². The number of rotatable bonds is 5. The molecular weight excluding hydrogens is 237 g/mol. The van der Waals surface area contributed by atoms with Crippen LogP contribution in [0.1, 0.15) is 27.2 Å². The summed E-state index contributed by atoms with van der Waals surface area (Å²) in [5.41, 5.74) is 5.48. The van der Waals surface area contributed by atoms with E-state index >= 15 is 0 Å². The largest absolute Gasteiger partial charge is 0.396 e. The van der Waals surface area contributed by atoms with Crippen LogP contribution in [0.5, 0.6) is 0 Å². The third-order valence-corrected chi connectivity index (χ3v) is 4.20. The van der Waals surface area contributed by atoms with Gasteiger partial charge in [0.25, 0.3) is 0 Å². The maximum absolute atomic E-state index is 13.2. The van der Waals surface area contributed by atoms with Crippen molar-refractivity contribution >= 4 is 16.5 Å². The molecule has 0 spiro atoms. The van der Waals surface area contributed by atoms with Crippen LogP contribution in [0.15, 0.2) is 23.1 Å². The van der Waals surface area contributed by atoms with E-state index in [1.807, 2.05) is 0 Å². The lowest BCUT2D eigenvalue weighted by molar-refractivity contribution is 0.471. The Balaban J connectivity index is 2.66. The van der Waals surface area contributed by atoms with Gasteiger partial charge in [0.15, 0.2) is 0 Å². The number of nitrogen functional groups attached to an aromatic ring is 1. The Bertz CT molecular complexity index is 406. The van der Waals surface area contributed by atoms with Gasteiger partial charge in [-0.05, 0) is 36.5 Å². The summed E-state index contributed by atoms with van der Waals surface area (Å²) in [6.45, 7) is 6.36. The molecule has 0 aliphatic rings. The summed E-state index contributed by atoms with van der Waals surface area (Å²) in [4.78, 5) is 0.521. The Morgan fingerprint density at radius 1 is 1.35 bits per heavy atom. The summed E-state index contributed by atoms with van der Waals surface area (Å²) in [6.07, 6.45) is 1.03. The average Bonchev–Trinajstić information content (AvgIpc) is 2.20. The molecule has 1 aromatic carbocycles. The number of hydrogen-bond donors (Lipinski definition) is 1. The first-order valence-corrected chi connectivity index (χ1v) is 7.15. The summed E-state index contributed by atoms with van der Waals surface area (Å²) in [5, 5.41) is 0. The predicted octanol–water partition coefficient (Wildman–Crippen LogP) is 3.20. The molecule has 1 aromatic rings. The van der Waals surface area contributed by atoms with Crippen molar-refractivity contribution in [3.8, 4) is 0 Å². The standard InChI is InChI=1S/C13H20FNOS/c1-9(2)6-10(3)8-17(16)11-4-5-13(15)12(14)7-11/h4-5,7,9-10H,6,8,15H2,1-3H3. The van der Waals surface area contributed by atoms with E-state index < -0.39 is 16.6 Å². The number of nitrogens with two attached hydrogens (primary N) is 1. The first-order valence-electron chi connectivity index (χ1n) is 5.83. The van der Waals surface area contributed by atoms with Crippen molar-refractivity contribution in [2.24, 2.45) is 11.8 Å². The van der Waals surface area contributed by atoms with Crippen molar-refractivity contribution in [1.82, 2.24) is 0 Å². The van der Waals surface area contributed by atoms with Crippen molar-refractivity contribution in [3.05, 3.63) is 24.0 Å². The summed E-state index contributed by atoms with van der Waals surface area (Å²) in [6, 6.07) is 4.37. The van der Waals surface area contributed by atoms with Gasteiger partial charge in [0.1, 0.15) is 5.82 Å². The van der Waals surface area contributed by atoms with E-state index in [0.29, 0.717) is 22.5 Å². The summed E-state index contributed by atoms with van der Waals surface area (Å²) in [7, 11) is -1.14. The number of halogens is 1. The minimum atomic E-state index is -1.14. The molecule has 0 fully saturated rings. The Hall–Kier alpha value is -0.900. The Morgan fingerprint density at radius 2 is 2.00 bits per heavy atom. The fourth-order valence-electron chi connectivity index (χ4n) is 1.88. The minimum absolute atomic E-state index is 0.0981. The molecule has 0 amide bonds. The maximum Gasteiger partial charge on any atom is 0.147 e. The molecular formula is C13H20FNOS. The normalized spacial score (nSPS) is 14.9. The van der Waals surface area contributed by atoms with E-state index in [2.05, 4.69) is 20.8 Å². The topological polar surface area (TPSA) is 43.1 Å². The van der Waals surface area contributed by atoms with Gasteiger partial charge in [-0.2, -0.15) is 0 Å². The van der Waals surface area contributed by atoms with Crippen molar-refractivity contribution in [1.29, 1.82) is 0 Å². The molecule has 0 radical (unpaired) electrons. The average molecular weight is 257 g/mol. The van der Waals surface area contributed by atoms with Gasteiger partial charge in [-0.1, -0.05) is 20.8 Å². The molecule has 0 aromatic heterocycles. The highest BCUT2D eigenvalue weighted by atomic mass is 32.2. The highest BCUT2D eigenvalue weighted by Crippen LogP contribution is 2.19. The lowest BCUT2D eigenvalue weighted by Crippen LogP contribution is -2.11. The highest BCUT2D eigenvalue weighted by Gasteiger charge is 2.12. The van der Waals surface area contributed by atoms with Gasteiger partial charge in [0.2, 0.25) is 0 Å². The monoisotopic (exact) mass is 257 g/mol. The van der Waals surface area contributed by atoms with E-state index in [4.69, 9.17) is 5.73 Å². The molecule has 2 N–H and O–H groups in total. The van der Waals surface area contributed by atoms with Crippen molar-refractivity contribution in [3.63, 3.8) is 0 Å². The van der Waals surface area contributed by atoms with E-state index in [0.717, 1.165) is 6.42 Å². The first kappa shape index (κ1) is 14.2. The molecule has 1 rings (SSSR count). The van der Waals surface area contributed by atoms with E-state index in [-0.39, 0.29) is 5.69 Å². The second kappa shape index (κ2) is 6.15. The molecule has 2 nitrogen and oxygen atoms in total. The van der Waals surface area contributed by atoms with Gasteiger partial charge in [0, 0.05) is 10.6 Å². The number of benzene rings is 1. The Labute approximate surface area is 105 Å². The fourth-order valence-corrected chi connectivity index (χ4v) is 3.18. The second-order valence-electron chi connectivity index (χ2n) is 4.93. The molecule has 96 valence electrons. The van der Waals surface area contributed by atoms with Crippen LogP contribution >= 0.6 is 0 Å². The van der Waals surface area contributed by atoms with Gasteiger partial charge in [-0.25, -0.2) is 4.39 Å². The van der Waals surface area contributed by atoms with E-state index in [1.165, 1.54) is 12.1 Å². The van der Waals surface area contributed by atoms with Crippen molar-refractivity contribution < 1.29 is 8.60 Å². The quantitative estimate of drug-likeness (QED) is 0.823. The van der Waals surface area contributed by atoms with Gasteiger partial charge >= 0.3 is 0 Å². The zero-order valence-electron chi connectivity index (χ0n) is 10.6. The lowest BCUT2D eigenvalue weighted by atomic mass is 10.0. The van der Waals surface area contributed by atoms with Crippen LogP contribution in [0.3, 0.4) is 0 Å². The maximum atomic E-state index is 13.2. The van der Waals surface area contributed by atoms with Gasteiger partial charge in [0.05, 0.1) is 16.5 Å².